The lowest BCUT2D eigenvalue weighted by atomic mass is 10.2. The molecule has 0 N–H and O–H groups in total. The highest BCUT2D eigenvalue weighted by molar-refractivity contribution is 7.99. The average Bonchev–Trinajstić information content (AvgIpc) is 3.15. The standard InChI is InChI=1S/C24H21N3O4S3/c1-3-31-19(29)13-17(28)14-33-23-25-21-20(22(30)26(23)16-10-5-4-6-11-16)34-24(32)27(21)18-12-8-7-9-15(18)2/h4-12H,3,13-14H2,1-2H3. The molecular formula is C24H21N3O4S3. The molecule has 2 aromatic carbocycles. The van der Waals surface area contributed by atoms with Gasteiger partial charge >= 0.3 is 5.97 Å². The number of hydrogen-bond acceptors (Lipinski definition) is 8. The third-order valence-corrected chi connectivity index (χ3v) is 7.31. The first-order valence-electron chi connectivity index (χ1n) is 10.5. The van der Waals surface area contributed by atoms with E-state index in [2.05, 4.69) is 0 Å². The van der Waals surface area contributed by atoms with Gasteiger partial charge in [0.15, 0.2) is 20.5 Å². The van der Waals surface area contributed by atoms with Crippen LogP contribution in [0.2, 0.25) is 0 Å². The summed E-state index contributed by atoms with van der Waals surface area (Å²) >= 11 is 7.93. The van der Waals surface area contributed by atoms with Crippen LogP contribution >= 0.6 is 35.3 Å². The summed E-state index contributed by atoms with van der Waals surface area (Å²) in [7, 11) is 0. The number of nitrogens with zero attached hydrogens (tertiary/aromatic N) is 3. The van der Waals surface area contributed by atoms with Crippen LogP contribution in [0.1, 0.15) is 18.9 Å². The zero-order valence-electron chi connectivity index (χ0n) is 18.5. The summed E-state index contributed by atoms with van der Waals surface area (Å²) in [6, 6.07) is 16.8. The fourth-order valence-corrected chi connectivity index (χ4v) is 5.59. The Balaban J connectivity index is 1.85. The molecule has 0 bridgehead atoms. The molecule has 0 radical (unpaired) electrons. The summed E-state index contributed by atoms with van der Waals surface area (Å²) in [5.41, 5.74) is 2.65. The first-order valence-corrected chi connectivity index (χ1v) is 12.7. The third-order valence-electron chi connectivity index (χ3n) is 4.96. The molecule has 0 saturated heterocycles. The topological polar surface area (TPSA) is 83.2 Å². The number of Topliss-reactive ketones (excluding diaryl/α,β-unsaturated/α-hetero) is 1. The van der Waals surface area contributed by atoms with E-state index < -0.39 is 5.97 Å². The average molecular weight is 512 g/mol. The minimum atomic E-state index is -0.567. The van der Waals surface area contributed by atoms with Crippen LogP contribution in [-0.4, -0.2) is 38.2 Å². The minimum absolute atomic E-state index is 0.0289. The molecule has 174 valence electrons. The Bertz CT molecular complexity index is 1490. The van der Waals surface area contributed by atoms with Gasteiger partial charge in [-0.1, -0.05) is 59.5 Å². The molecule has 0 aliphatic heterocycles. The first-order chi connectivity index (χ1) is 16.4. The van der Waals surface area contributed by atoms with Gasteiger partial charge in [0.1, 0.15) is 11.1 Å². The van der Waals surface area contributed by atoms with Crippen molar-refractivity contribution in [2.75, 3.05) is 12.4 Å². The van der Waals surface area contributed by atoms with Gasteiger partial charge in [0.25, 0.3) is 5.56 Å². The van der Waals surface area contributed by atoms with E-state index in [1.807, 2.05) is 49.4 Å². The van der Waals surface area contributed by atoms with Crippen LogP contribution in [0.15, 0.2) is 64.5 Å². The van der Waals surface area contributed by atoms with Gasteiger partial charge in [-0.25, -0.2) is 4.98 Å². The van der Waals surface area contributed by atoms with Crippen molar-refractivity contribution in [3.05, 3.63) is 74.5 Å². The Morgan fingerprint density at radius 1 is 1.09 bits per heavy atom. The summed E-state index contributed by atoms with van der Waals surface area (Å²) in [6.07, 6.45) is -0.323. The van der Waals surface area contributed by atoms with Gasteiger partial charge in [-0.2, -0.15) is 0 Å². The molecule has 2 heterocycles. The molecule has 0 fully saturated rings. The van der Waals surface area contributed by atoms with Gasteiger partial charge in [-0.15, -0.1) is 0 Å². The van der Waals surface area contributed by atoms with Gasteiger partial charge in [0.2, 0.25) is 0 Å². The number of thiazole rings is 1. The number of para-hydroxylation sites is 2. The number of benzene rings is 2. The SMILES string of the molecule is CCOC(=O)CC(=O)CSc1nc2c(sc(=S)n2-c2ccccc2C)c(=O)n1-c1ccccc1. The fraction of sp³-hybridized carbons (Fsp3) is 0.208. The molecule has 2 aromatic heterocycles. The van der Waals surface area contributed by atoms with E-state index in [9.17, 15) is 14.4 Å². The van der Waals surface area contributed by atoms with Crippen molar-refractivity contribution >= 4 is 57.4 Å². The maximum atomic E-state index is 13.6. The molecule has 7 nitrogen and oxygen atoms in total. The molecular weight excluding hydrogens is 490 g/mol. The maximum absolute atomic E-state index is 13.6. The van der Waals surface area contributed by atoms with E-state index in [4.69, 9.17) is 21.9 Å². The Morgan fingerprint density at radius 2 is 1.79 bits per heavy atom. The van der Waals surface area contributed by atoms with Crippen molar-refractivity contribution in [2.45, 2.75) is 25.4 Å². The van der Waals surface area contributed by atoms with Crippen LogP contribution in [0.25, 0.3) is 21.7 Å². The number of esters is 1. The number of carbonyl (C=O) groups is 2. The minimum Gasteiger partial charge on any atom is -0.466 e. The van der Waals surface area contributed by atoms with Crippen LogP contribution in [-0.2, 0) is 14.3 Å². The number of ketones is 1. The predicted molar refractivity (Wildman–Crippen MR) is 137 cm³/mol. The zero-order chi connectivity index (χ0) is 24.2. The number of aryl methyl sites for hydroxylation is 1. The van der Waals surface area contributed by atoms with E-state index in [1.165, 1.54) is 15.9 Å². The van der Waals surface area contributed by atoms with Crippen molar-refractivity contribution < 1.29 is 14.3 Å². The van der Waals surface area contributed by atoms with Crippen molar-refractivity contribution in [3.8, 4) is 11.4 Å². The quantitative estimate of drug-likeness (QED) is 0.109. The first kappa shape index (κ1) is 24.1. The highest BCUT2D eigenvalue weighted by atomic mass is 32.2. The van der Waals surface area contributed by atoms with Crippen molar-refractivity contribution in [1.82, 2.24) is 14.1 Å². The smallest absolute Gasteiger partial charge is 0.313 e. The molecule has 4 rings (SSSR count). The lowest BCUT2D eigenvalue weighted by Crippen LogP contribution is -2.22. The van der Waals surface area contributed by atoms with E-state index in [1.54, 1.807) is 23.6 Å². The van der Waals surface area contributed by atoms with Crippen LogP contribution < -0.4 is 5.56 Å². The zero-order valence-corrected chi connectivity index (χ0v) is 21.0. The Labute approximate surface area is 209 Å². The van der Waals surface area contributed by atoms with Crippen LogP contribution in [0.3, 0.4) is 0 Å². The molecule has 0 aliphatic carbocycles. The molecule has 0 aliphatic rings. The number of ether oxygens (including phenoxy) is 1. The molecule has 34 heavy (non-hydrogen) atoms. The lowest BCUT2D eigenvalue weighted by molar-refractivity contribution is -0.145. The largest absolute Gasteiger partial charge is 0.466 e. The Kier molecular flexibility index (Phi) is 7.40. The molecule has 0 amide bonds. The van der Waals surface area contributed by atoms with Crippen molar-refractivity contribution in [1.29, 1.82) is 0 Å². The Hall–Kier alpha value is -3.08. The van der Waals surface area contributed by atoms with Crippen molar-refractivity contribution in [2.24, 2.45) is 0 Å². The number of fused-ring (bicyclic) bond motifs is 1. The second-order valence-electron chi connectivity index (χ2n) is 7.32. The molecule has 4 aromatic rings. The number of aromatic nitrogens is 3. The Morgan fingerprint density at radius 3 is 2.50 bits per heavy atom. The van der Waals surface area contributed by atoms with E-state index in [-0.39, 0.29) is 30.1 Å². The van der Waals surface area contributed by atoms with E-state index in [0.29, 0.717) is 25.1 Å². The lowest BCUT2D eigenvalue weighted by Gasteiger charge is -2.13. The van der Waals surface area contributed by atoms with Gasteiger partial charge in [-0.05, 0) is 49.8 Å². The van der Waals surface area contributed by atoms with Gasteiger partial charge in [0, 0.05) is 0 Å². The van der Waals surface area contributed by atoms with Gasteiger partial charge in [0.05, 0.1) is 23.7 Å². The highest BCUT2D eigenvalue weighted by Gasteiger charge is 2.21. The van der Waals surface area contributed by atoms with E-state index in [0.717, 1.165) is 23.0 Å². The number of carbonyl (C=O) groups excluding carboxylic acids is 2. The summed E-state index contributed by atoms with van der Waals surface area (Å²) < 4.78 is 9.08. The van der Waals surface area contributed by atoms with Crippen LogP contribution in [0.5, 0.6) is 0 Å². The van der Waals surface area contributed by atoms with Crippen LogP contribution in [0.4, 0.5) is 0 Å². The number of hydrogen-bond donors (Lipinski definition) is 0. The van der Waals surface area contributed by atoms with Gasteiger partial charge < -0.3 is 4.74 Å². The maximum Gasteiger partial charge on any atom is 0.313 e. The summed E-state index contributed by atoms with van der Waals surface area (Å²) in [4.78, 5) is 42.5. The normalized spacial score (nSPS) is 11.0. The van der Waals surface area contributed by atoms with Crippen LogP contribution in [0, 0.1) is 10.9 Å². The monoisotopic (exact) mass is 511 g/mol. The highest BCUT2D eigenvalue weighted by Crippen LogP contribution is 2.28. The predicted octanol–water partition coefficient (Wildman–Crippen LogP) is 4.89. The fourth-order valence-electron chi connectivity index (χ4n) is 3.43. The molecule has 0 atom stereocenters. The third kappa shape index (κ3) is 4.89. The second-order valence-corrected chi connectivity index (χ2v) is 9.91. The summed E-state index contributed by atoms with van der Waals surface area (Å²) in [5, 5.41) is 0.344. The van der Waals surface area contributed by atoms with Crippen molar-refractivity contribution in [3.63, 3.8) is 0 Å². The summed E-state index contributed by atoms with van der Waals surface area (Å²) in [6.45, 7) is 3.87. The van der Waals surface area contributed by atoms with E-state index >= 15 is 0 Å². The number of rotatable bonds is 8. The molecule has 0 saturated carbocycles. The summed E-state index contributed by atoms with van der Waals surface area (Å²) in [5.74, 6) is -0.903. The number of thioether (sulfide) groups is 1. The van der Waals surface area contributed by atoms with Gasteiger partial charge in [-0.3, -0.25) is 23.5 Å². The molecule has 10 heteroatoms. The second kappa shape index (κ2) is 10.5. The molecule has 0 unspecified atom stereocenters. The molecule has 0 spiro atoms.